The van der Waals surface area contributed by atoms with Crippen LogP contribution in [0.2, 0.25) is 0 Å². The van der Waals surface area contributed by atoms with Gasteiger partial charge in [0.05, 0.1) is 5.56 Å². The van der Waals surface area contributed by atoms with Gasteiger partial charge in [0, 0.05) is 19.0 Å². The van der Waals surface area contributed by atoms with Crippen LogP contribution < -0.4 is 0 Å². The smallest absolute Gasteiger partial charge is 0.323 e. The number of pyridine rings is 1. The van der Waals surface area contributed by atoms with E-state index in [0.29, 0.717) is 6.07 Å². The Kier molecular flexibility index (Phi) is 3.43. The van der Waals surface area contributed by atoms with Gasteiger partial charge in [-0.2, -0.15) is 13.2 Å². The first-order valence-corrected chi connectivity index (χ1v) is 5.41. The number of hydroxylamine groups is 2. The molecular formula is C11H7F3N2O4. The lowest BCUT2D eigenvalue weighted by molar-refractivity contribution is -0.173. The molecule has 0 N–H and O–H groups in total. The van der Waals surface area contributed by atoms with Gasteiger partial charge in [0.2, 0.25) is 0 Å². The minimum Gasteiger partial charge on any atom is -0.323 e. The summed E-state index contributed by atoms with van der Waals surface area (Å²) in [6.07, 6.45) is -4.14. The van der Waals surface area contributed by atoms with Crippen LogP contribution in [0.25, 0.3) is 0 Å². The number of carbonyl (C=O) groups excluding carboxylic acids is 3. The molecule has 0 spiro atoms. The second-order valence-electron chi connectivity index (χ2n) is 3.86. The molecule has 0 bridgehead atoms. The summed E-state index contributed by atoms with van der Waals surface area (Å²) in [4.78, 5) is 41.7. The van der Waals surface area contributed by atoms with Gasteiger partial charge in [0.15, 0.2) is 5.69 Å². The minimum atomic E-state index is -4.80. The summed E-state index contributed by atoms with van der Waals surface area (Å²) in [6, 6.07) is 1.66. The van der Waals surface area contributed by atoms with Gasteiger partial charge >= 0.3 is 12.1 Å². The van der Waals surface area contributed by atoms with Crippen LogP contribution in [0.1, 0.15) is 28.9 Å². The van der Waals surface area contributed by atoms with Gasteiger partial charge < -0.3 is 4.84 Å². The Balaban J connectivity index is 2.26. The topological polar surface area (TPSA) is 76.6 Å². The normalized spacial score (nSPS) is 15.7. The van der Waals surface area contributed by atoms with E-state index in [4.69, 9.17) is 0 Å². The second kappa shape index (κ2) is 4.91. The molecule has 0 aliphatic carbocycles. The van der Waals surface area contributed by atoms with E-state index in [1.54, 1.807) is 0 Å². The van der Waals surface area contributed by atoms with Crippen molar-refractivity contribution in [2.45, 2.75) is 19.0 Å². The molecule has 1 aromatic heterocycles. The second-order valence-corrected chi connectivity index (χ2v) is 3.86. The maximum Gasteiger partial charge on any atom is 0.418 e. The highest BCUT2D eigenvalue weighted by Gasteiger charge is 2.39. The quantitative estimate of drug-likeness (QED) is 0.767. The fourth-order valence-corrected chi connectivity index (χ4v) is 1.58. The first kappa shape index (κ1) is 14.0. The third kappa shape index (κ3) is 2.60. The molecule has 2 heterocycles. The number of amides is 2. The highest BCUT2D eigenvalue weighted by Crippen LogP contribution is 2.31. The van der Waals surface area contributed by atoms with Gasteiger partial charge in [-0.05, 0) is 12.1 Å². The van der Waals surface area contributed by atoms with Crippen molar-refractivity contribution in [3.63, 3.8) is 0 Å². The zero-order chi connectivity index (χ0) is 14.9. The lowest BCUT2D eigenvalue weighted by atomic mass is 10.2. The molecule has 2 amide bonds. The Hall–Kier alpha value is -2.45. The molecule has 0 radical (unpaired) electrons. The molecule has 6 nitrogen and oxygen atoms in total. The molecule has 9 heteroatoms. The molecule has 1 aliphatic rings. The fraction of sp³-hybridized carbons (Fsp3) is 0.273. The highest BCUT2D eigenvalue weighted by molar-refractivity contribution is 6.02. The number of aromatic nitrogens is 1. The summed E-state index contributed by atoms with van der Waals surface area (Å²) >= 11 is 0. The lowest BCUT2D eigenvalue weighted by Gasteiger charge is -2.14. The Labute approximate surface area is 110 Å². The highest BCUT2D eigenvalue weighted by atomic mass is 19.4. The van der Waals surface area contributed by atoms with E-state index in [2.05, 4.69) is 9.82 Å². The first-order chi connectivity index (χ1) is 9.30. The van der Waals surface area contributed by atoms with E-state index in [1.807, 2.05) is 0 Å². The molecule has 1 fully saturated rings. The van der Waals surface area contributed by atoms with Crippen molar-refractivity contribution in [3.05, 3.63) is 29.6 Å². The number of imide groups is 1. The monoisotopic (exact) mass is 288 g/mol. The van der Waals surface area contributed by atoms with Crippen molar-refractivity contribution < 1.29 is 32.4 Å². The summed E-state index contributed by atoms with van der Waals surface area (Å²) in [6.45, 7) is 0. The van der Waals surface area contributed by atoms with Gasteiger partial charge in [-0.1, -0.05) is 0 Å². The van der Waals surface area contributed by atoms with Crippen molar-refractivity contribution in [1.29, 1.82) is 0 Å². The van der Waals surface area contributed by atoms with Crippen molar-refractivity contribution in [2.24, 2.45) is 0 Å². The minimum absolute atomic E-state index is 0.152. The van der Waals surface area contributed by atoms with Crippen molar-refractivity contribution in [1.82, 2.24) is 10.0 Å². The zero-order valence-corrected chi connectivity index (χ0v) is 9.81. The number of halogens is 3. The molecule has 1 aliphatic heterocycles. The van der Waals surface area contributed by atoms with Crippen molar-refractivity contribution >= 4 is 17.8 Å². The van der Waals surface area contributed by atoms with E-state index in [-0.39, 0.29) is 17.9 Å². The number of hydrogen-bond acceptors (Lipinski definition) is 5. The third-order valence-electron chi connectivity index (χ3n) is 2.49. The average Bonchev–Trinajstić information content (AvgIpc) is 2.69. The maximum absolute atomic E-state index is 12.7. The maximum atomic E-state index is 12.7. The molecule has 0 saturated carbocycles. The molecular weight excluding hydrogens is 281 g/mol. The van der Waals surface area contributed by atoms with Gasteiger partial charge in [-0.15, -0.1) is 5.06 Å². The summed E-state index contributed by atoms with van der Waals surface area (Å²) < 4.78 is 38.0. The molecule has 20 heavy (non-hydrogen) atoms. The predicted octanol–water partition coefficient (Wildman–Crippen LogP) is 1.32. The largest absolute Gasteiger partial charge is 0.418 e. The Morgan fingerprint density at radius 3 is 2.40 bits per heavy atom. The zero-order valence-electron chi connectivity index (χ0n) is 9.81. The number of alkyl halides is 3. The Morgan fingerprint density at radius 1 is 1.25 bits per heavy atom. The van der Waals surface area contributed by atoms with Crippen LogP contribution in [0.4, 0.5) is 13.2 Å². The summed E-state index contributed by atoms with van der Waals surface area (Å²) in [5, 5.41) is 0.164. The average molecular weight is 288 g/mol. The van der Waals surface area contributed by atoms with E-state index in [9.17, 15) is 27.6 Å². The summed E-state index contributed by atoms with van der Waals surface area (Å²) in [7, 11) is 0. The molecule has 1 aromatic rings. The molecule has 0 atom stereocenters. The van der Waals surface area contributed by atoms with E-state index in [1.165, 1.54) is 0 Å². The molecule has 2 rings (SSSR count). The van der Waals surface area contributed by atoms with Crippen LogP contribution in [0, 0.1) is 0 Å². The fourth-order valence-electron chi connectivity index (χ4n) is 1.58. The van der Waals surface area contributed by atoms with Gasteiger partial charge in [0.1, 0.15) is 0 Å². The molecule has 1 saturated heterocycles. The van der Waals surface area contributed by atoms with Crippen LogP contribution >= 0.6 is 0 Å². The standard InChI is InChI=1S/C11H7F3N2O4/c12-11(13,14)6-2-1-5-15-9(6)10(19)20-16-7(17)3-4-8(16)18/h1-2,5H,3-4H2. The number of rotatable bonds is 2. The number of hydrogen-bond donors (Lipinski definition) is 0. The number of nitrogens with zero attached hydrogens (tertiary/aromatic N) is 2. The first-order valence-electron chi connectivity index (χ1n) is 5.41. The van der Waals surface area contributed by atoms with Crippen molar-refractivity contribution in [2.75, 3.05) is 0 Å². The summed E-state index contributed by atoms with van der Waals surface area (Å²) in [5.74, 6) is -3.08. The Bertz CT molecular complexity index is 569. The van der Waals surface area contributed by atoms with E-state index in [0.717, 1.165) is 12.3 Å². The third-order valence-corrected chi connectivity index (χ3v) is 2.49. The Morgan fingerprint density at radius 2 is 1.85 bits per heavy atom. The van der Waals surface area contributed by atoms with Gasteiger partial charge in [-0.3, -0.25) is 9.59 Å². The SMILES string of the molecule is O=C(ON1C(=O)CCC1=O)c1ncccc1C(F)(F)F. The van der Waals surface area contributed by atoms with Crippen LogP contribution in [-0.4, -0.2) is 27.8 Å². The van der Waals surface area contributed by atoms with E-state index >= 15 is 0 Å². The van der Waals surface area contributed by atoms with Crippen LogP contribution in [0.15, 0.2) is 18.3 Å². The lowest BCUT2D eigenvalue weighted by Crippen LogP contribution is -2.33. The van der Waals surface area contributed by atoms with Crippen LogP contribution in [-0.2, 0) is 20.6 Å². The predicted molar refractivity (Wildman–Crippen MR) is 55.7 cm³/mol. The van der Waals surface area contributed by atoms with Gasteiger partial charge in [0.25, 0.3) is 11.8 Å². The van der Waals surface area contributed by atoms with E-state index < -0.39 is 35.2 Å². The molecule has 0 unspecified atom stereocenters. The molecule has 0 aromatic carbocycles. The summed E-state index contributed by atoms with van der Waals surface area (Å²) in [5.41, 5.74) is -2.31. The van der Waals surface area contributed by atoms with Crippen LogP contribution in [0.3, 0.4) is 0 Å². The van der Waals surface area contributed by atoms with Gasteiger partial charge in [-0.25, -0.2) is 9.78 Å². The van der Waals surface area contributed by atoms with Crippen molar-refractivity contribution in [3.8, 4) is 0 Å². The van der Waals surface area contributed by atoms with Crippen LogP contribution in [0.5, 0.6) is 0 Å². The molecule has 106 valence electrons. The number of carbonyl (C=O) groups is 3.